The Bertz CT molecular complexity index is 951. The summed E-state index contributed by atoms with van der Waals surface area (Å²) in [5, 5.41) is 12.2. The standard InChI is InChI=1S/C24H26Cl3N3O2S/c1-2-17-33-24(22(30(31)32)20(25)23(26)27)29-15-13-28(14-16-29)21(18-9-5-3-6-10-18)19-11-7-4-8-12-19/h3-12,21H,2,13-17H2,1H3/b24-22+. The third-order valence-corrected chi connectivity index (χ3v) is 7.68. The molecule has 1 saturated heterocycles. The highest BCUT2D eigenvalue weighted by Crippen LogP contribution is 2.36. The minimum absolute atomic E-state index is 0.112. The first-order chi connectivity index (χ1) is 15.9. The molecule has 0 saturated carbocycles. The molecule has 2 aromatic carbocycles. The highest BCUT2D eigenvalue weighted by Gasteiger charge is 2.33. The zero-order valence-corrected chi connectivity index (χ0v) is 21.4. The molecule has 1 aliphatic rings. The van der Waals surface area contributed by atoms with Crippen molar-refractivity contribution < 1.29 is 4.92 Å². The van der Waals surface area contributed by atoms with Gasteiger partial charge in [0.05, 0.1) is 11.0 Å². The second kappa shape index (κ2) is 12.7. The van der Waals surface area contributed by atoms with Gasteiger partial charge < -0.3 is 4.90 Å². The molecule has 0 amide bonds. The van der Waals surface area contributed by atoms with Gasteiger partial charge in [0.15, 0.2) is 10.1 Å². The largest absolute Gasteiger partial charge is 0.358 e. The molecular formula is C24H26Cl3N3O2S. The van der Waals surface area contributed by atoms with Gasteiger partial charge in [-0.05, 0) is 23.3 Å². The number of rotatable bonds is 9. The Labute approximate surface area is 214 Å². The normalized spacial score (nSPS) is 15.4. The van der Waals surface area contributed by atoms with Crippen LogP contribution in [-0.4, -0.2) is 46.7 Å². The average molecular weight is 527 g/mol. The lowest BCUT2D eigenvalue weighted by atomic mass is 9.96. The lowest BCUT2D eigenvalue weighted by Gasteiger charge is -2.41. The van der Waals surface area contributed by atoms with E-state index >= 15 is 0 Å². The molecule has 2 aromatic rings. The molecule has 0 atom stereocenters. The van der Waals surface area contributed by atoms with Crippen LogP contribution in [0.3, 0.4) is 0 Å². The van der Waals surface area contributed by atoms with Crippen LogP contribution in [0.15, 0.2) is 80.9 Å². The van der Waals surface area contributed by atoms with Gasteiger partial charge in [-0.3, -0.25) is 15.0 Å². The van der Waals surface area contributed by atoms with Gasteiger partial charge in [-0.2, -0.15) is 0 Å². The SMILES string of the molecule is CCCS/C(=C(\C(Cl)=C(Cl)Cl)[N+](=O)[O-])N1CCN(C(c2ccccc2)c2ccccc2)CC1. The molecule has 33 heavy (non-hydrogen) atoms. The Morgan fingerprint density at radius 2 is 1.48 bits per heavy atom. The van der Waals surface area contributed by atoms with Crippen LogP contribution in [0.5, 0.6) is 0 Å². The Kier molecular flexibility index (Phi) is 9.95. The number of benzene rings is 2. The van der Waals surface area contributed by atoms with Crippen molar-refractivity contribution in [1.82, 2.24) is 9.80 Å². The van der Waals surface area contributed by atoms with Crippen molar-refractivity contribution in [2.24, 2.45) is 0 Å². The first kappa shape index (κ1) is 25.9. The lowest BCUT2D eigenvalue weighted by molar-refractivity contribution is -0.421. The Morgan fingerprint density at radius 3 is 1.91 bits per heavy atom. The maximum Gasteiger partial charge on any atom is 0.319 e. The van der Waals surface area contributed by atoms with Gasteiger partial charge in [-0.15, -0.1) is 11.8 Å². The number of hydrogen-bond acceptors (Lipinski definition) is 5. The van der Waals surface area contributed by atoms with Crippen molar-refractivity contribution in [3.05, 3.63) is 102 Å². The monoisotopic (exact) mass is 525 g/mol. The van der Waals surface area contributed by atoms with E-state index in [4.69, 9.17) is 34.8 Å². The van der Waals surface area contributed by atoms with Gasteiger partial charge in [0.2, 0.25) is 0 Å². The van der Waals surface area contributed by atoms with E-state index in [0.717, 1.165) is 25.3 Å². The van der Waals surface area contributed by atoms with Crippen molar-refractivity contribution in [2.75, 3.05) is 31.9 Å². The number of halogens is 3. The van der Waals surface area contributed by atoms with Crippen LogP contribution >= 0.6 is 46.6 Å². The predicted molar refractivity (Wildman–Crippen MR) is 139 cm³/mol. The van der Waals surface area contributed by atoms with E-state index in [1.807, 2.05) is 24.0 Å². The van der Waals surface area contributed by atoms with E-state index in [-0.39, 0.29) is 21.3 Å². The molecule has 0 aromatic heterocycles. The van der Waals surface area contributed by atoms with Gasteiger partial charge >= 0.3 is 5.70 Å². The Morgan fingerprint density at radius 1 is 0.970 bits per heavy atom. The summed E-state index contributed by atoms with van der Waals surface area (Å²) in [7, 11) is 0. The van der Waals surface area contributed by atoms with Crippen LogP contribution in [0.4, 0.5) is 0 Å². The molecule has 5 nitrogen and oxygen atoms in total. The van der Waals surface area contributed by atoms with E-state index in [1.54, 1.807) is 0 Å². The third-order valence-electron chi connectivity index (χ3n) is 5.40. The Balaban J connectivity index is 1.89. The van der Waals surface area contributed by atoms with Crippen molar-refractivity contribution in [3.63, 3.8) is 0 Å². The smallest absolute Gasteiger partial charge is 0.319 e. The summed E-state index contributed by atoms with van der Waals surface area (Å²) in [6.07, 6.45) is 0.874. The van der Waals surface area contributed by atoms with Crippen LogP contribution in [0.25, 0.3) is 0 Å². The van der Waals surface area contributed by atoms with Crippen molar-refractivity contribution in [2.45, 2.75) is 19.4 Å². The molecule has 1 aliphatic heterocycles. The maximum atomic E-state index is 11.9. The van der Waals surface area contributed by atoms with Crippen molar-refractivity contribution >= 4 is 46.6 Å². The number of thioether (sulfide) groups is 1. The highest BCUT2D eigenvalue weighted by molar-refractivity contribution is 8.03. The molecule has 0 aliphatic carbocycles. The molecule has 0 N–H and O–H groups in total. The average Bonchev–Trinajstić information content (AvgIpc) is 2.83. The number of allylic oxidation sites excluding steroid dienone is 1. The van der Waals surface area contributed by atoms with Crippen molar-refractivity contribution in [3.8, 4) is 0 Å². The van der Waals surface area contributed by atoms with Crippen LogP contribution in [0.2, 0.25) is 0 Å². The van der Waals surface area contributed by atoms with Crippen LogP contribution < -0.4 is 0 Å². The second-order valence-electron chi connectivity index (χ2n) is 7.58. The minimum atomic E-state index is -0.492. The molecule has 9 heteroatoms. The third kappa shape index (κ3) is 6.67. The molecule has 0 unspecified atom stereocenters. The first-order valence-corrected chi connectivity index (χ1v) is 12.9. The molecule has 1 fully saturated rings. The Hall–Kier alpha value is -1.70. The van der Waals surface area contributed by atoms with Gasteiger partial charge in [0.1, 0.15) is 4.49 Å². The van der Waals surface area contributed by atoms with Crippen LogP contribution in [0.1, 0.15) is 30.5 Å². The molecule has 1 heterocycles. The molecule has 3 rings (SSSR count). The van der Waals surface area contributed by atoms with Crippen molar-refractivity contribution in [1.29, 1.82) is 0 Å². The van der Waals surface area contributed by atoms with Gasteiger partial charge in [0.25, 0.3) is 0 Å². The summed E-state index contributed by atoms with van der Waals surface area (Å²) in [4.78, 5) is 15.9. The maximum absolute atomic E-state index is 11.9. The molecule has 0 spiro atoms. The summed E-state index contributed by atoms with van der Waals surface area (Å²) in [6.45, 7) is 4.77. The molecule has 0 radical (unpaired) electrons. The number of hydrogen-bond donors (Lipinski definition) is 0. The van der Waals surface area contributed by atoms with Gasteiger partial charge in [-0.1, -0.05) is 102 Å². The fourth-order valence-corrected chi connectivity index (χ4v) is 5.39. The number of nitrogens with zero attached hydrogens (tertiary/aromatic N) is 3. The summed E-state index contributed by atoms with van der Waals surface area (Å²) in [5.41, 5.74) is 2.21. The van der Waals surface area contributed by atoms with Crippen LogP contribution in [0, 0.1) is 10.1 Å². The summed E-state index contributed by atoms with van der Waals surface area (Å²) >= 11 is 19.2. The van der Waals surface area contributed by atoms with Gasteiger partial charge in [-0.25, -0.2) is 0 Å². The zero-order chi connectivity index (χ0) is 23.8. The summed E-state index contributed by atoms with van der Waals surface area (Å²) in [6, 6.07) is 20.9. The fraction of sp³-hybridized carbons (Fsp3) is 0.333. The van der Waals surface area contributed by atoms with E-state index < -0.39 is 4.92 Å². The number of nitro groups is 1. The highest BCUT2D eigenvalue weighted by atomic mass is 35.5. The topological polar surface area (TPSA) is 49.6 Å². The van der Waals surface area contributed by atoms with E-state index in [0.29, 0.717) is 18.1 Å². The summed E-state index contributed by atoms with van der Waals surface area (Å²) < 4.78 is -0.301. The van der Waals surface area contributed by atoms with Crippen LogP contribution in [-0.2, 0) is 0 Å². The molecular weight excluding hydrogens is 501 g/mol. The van der Waals surface area contributed by atoms with E-state index in [2.05, 4.69) is 53.4 Å². The van der Waals surface area contributed by atoms with E-state index in [1.165, 1.54) is 22.9 Å². The quantitative estimate of drug-likeness (QED) is 0.203. The zero-order valence-electron chi connectivity index (χ0n) is 18.3. The first-order valence-electron chi connectivity index (χ1n) is 10.8. The minimum Gasteiger partial charge on any atom is -0.358 e. The number of piperazine rings is 1. The summed E-state index contributed by atoms with van der Waals surface area (Å²) in [5.74, 6) is 0.730. The second-order valence-corrected chi connectivity index (χ2v) is 9.99. The molecule has 0 bridgehead atoms. The predicted octanol–water partition coefficient (Wildman–Crippen LogP) is 6.87. The lowest BCUT2D eigenvalue weighted by Crippen LogP contribution is -2.47. The van der Waals surface area contributed by atoms with E-state index in [9.17, 15) is 10.1 Å². The van der Waals surface area contributed by atoms with Gasteiger partial charge in [0, 0.05) is 26.2 Å². The fourth-order valence-electron chi connectivity index (χ4n) is 3.92. The molecule has 176 valence electrons.